The Morgan fingerprint density at radius 3 is 2.80 bits per heavy atom. The van der Waals surface area contributed by atoms with E-state index in [9.17, 15) is 4.79 Å². The molecule has 106 valence electrons. The van der Waals surface area contributed by atoms with Crippen LogP contribution >= 0.6 is 0 Å². The van der Waals surface area contributed by atoms with Crippen LogP contribution in [0.5, 0.6) is 0 Å². The number of nitrogen functional groups attached to an aromatic ring is 1. The molecule has 0 aliphatic rings. The maximum Gasteiger partial charge on any atom is 0.340 e. The highest BCUT2D eigenvalue weighted by atomic mass is 16.5. The lowest BCUT2D eigenvalue weighted by atomic mass is 10.1. The maximum atomic E-state index is 11.6. The quantitative estimate of drug-likeness (QED) is 0.661. The molecule has 0 saturated heterocycles. The first-order valence-corrected chi connectivity index (χ1v) is 6.31. The van der Waals surface area contributed by atoms with Gasteiger partial charge in [0.1, 0.15) is 0 Å². The van der Waals surface area contributed by atoms with Gasteiger partial charge in [-0.05, 0) is 26.0 Å². The maximum absolute atomic E-state index is 11.6. The molecule has 0 amide bonds. The van der Waals surface area contributed by atoms with Crippen LogP contribution in [0.1, 0.15) is 30.2 Å². The van der Waals surface area contributed by atoms with Crippen LogP contribution in [0.3, 0.4) is 0 Å². The molecule has 3 N–H and O–H groups in total. The van der Waals surface area contributed by atoms with Gasteiger partial charge in [-0.15, -0.1) is 0 Å². The summed E-state index contributed by atoms with van der Waals surface area (Å²) in [7, 11) is 1.33. The molecule has 1 aromatic heterocycles. The average molecular weight is 274 g/mol. The van der Waals surface area contributed by atoms with E-state index in [4.69, 9.17) is 10.5 Å². The van der Waals surface area contributed by atoms with Gasteiger partial charge in [-0.25, -0.2) is 4.79 Å². The van der Waals surface area contributed by atoms with E-state index in [1.165, 1.54) is 7.11 Å². The molecule has 1 aromatic carbocycles. The van der Waals surface area contributed by atoms with Crippen LogP contribution in [0.25, 0.3) is 0 Å². The van der Waals surface area contributed by atoms with Crippen molar-refractivity contribution in [3.8, 4) is 0 Å². The van der Waals surface area contributed by atoms with Crippen LogP contribution in [0.4, 0.5) is 17.1 Å². The van der Waals surface area contributed by atoms with Gasteiger partial charge in [0, 0.05) is 12.2 Å². The van der Waals surface area contributed by atoms with Gasteiger partial charge in [-0.1, -0.05) is 6.07 Å². The number of aromatic nitrogens is 2. The molecule has 2 aromatic rings. The van der Waals surface area contributed by atoms with E-state index in [0.29, 0.717) is 16.9 Å². The van der Waals surface area contributed by atoms with Gasteiger partial charge in [-0.2, -0.15) is 5.10 Å². The highest BCUT2D eigenvalue weighted by Crippen LogP contribution is 2.26. The van der Waals surface area contributed by atoms with Crippen molar-refractivity contribution < 1.29 is 9.53 Å². The van der Waals surface area contributed by atoms with E-state index in [2.05, 4.69) is 10.4 Å². The normalized spacial score (nSPS) is 10.6. The number of carbonyl (C=O) groups excluding carboxylic acids is 1. The number of para-hydroxylation sites is 1. The van der Waals surface area contributed by atoms with Crippen molar-refractivity contribution in [3.05, 3.63) is 36.2 Å². The fourth-order valence-electron chi connectivity index (χ4n) is 1.80. The molecule has 2 rings (SSSR count). The van der Waals surface area contributed by atoms with Gasteiger partial charge in [-0.3, -0.25) is 4.68 Å². The topological polar surface area (TPSA) is 82.2 Å². The van der Waals surface area contributed by atoms with Crippen LogP contribution in [0, 0.1) is 0 Å². The monoisotopic (exact) mass is 274 g/mol. The number of rotatable bonds is 4. The number of ether oxygens (including phenoxy) is 1. The van der Waals surface area contributed by atoms with E-state index < -0.39 is 5.97 Å². The molecule has 0 saturated carbocycles. The number of carbonyl (C=O) groups is 1. The average Bonchev–Trinajstić information content (AvgIpc) is 2.89. The van der Waals surface area contributed by atoms with E-state index in [-0.39, 0.29) is 6.04 Å². The van der Waals surface area contributed by atoms with Gasteiger partial charge >= 0.3 is 5.97 Å². The number of hydrogen-bond donors (Lipinski definition) is 2. The molecule has 0 atom stereocenters. The number of esters is 1. The highest BCUT2D eigenvalue weighted by molar-refractivity contribution is 5.98. The van der Waals surface area contributed by atoms with Gasteiger partial charge in [0.15, 0.2) is 0 Å². The van der Waals surface area contributed by atoms with Gasteiger partial charge < -0.3 is 15.8 Å². The minimum Gasteiger partial charge on any atom is -0.465 e. The molecule has 0 aliphatic carbocycles. The largest absolute Gasteiger partial charge is 0.465 e. The number of hydrogen-bond acceptors (Lipinski definition) is 5. The Morgan fingerprint density at radius 2 is 2.20 bits per heavy atom. The lowest BCUT2D eigenvalue weighted by molar-refractivity contribution is 0.0602. The van der Waals surface area contributed by atoms with Crippen LogP contribution in [0.15, 0.2) is 30.6 Å². The number of methoxy groups -OCH3 is 1. The summed E-state index contributed by atoms with van der Waals surface area (Å²) in [4.78, 5) is 11.6. The molecule has 20 heavy (non-hydrogen) atoms. The molecule has 6 nitrogen and oxygen atoms in total. The Balaban J connectivity index is 2.27. The number of nitrogens with one attached hydrogen (secondary N) is 1. The third-order valence-electron chi connectivity index (χ3n) is 2.92. The summed E-state index contributed by atoms with van der Waals surface area (Å²) in [6.07, 6.45) is 3.60. The lowest BCUT2D eigenvalue weighted by Crippen LogP contribution is -2.07. The summed E-state index contributed by atoms with van der Waals surface area (Å²) in [6.45, 7) is 4.09. The fraction of sp³-hybridized carbons (Fsp3) is 0.286. The fourth-order valence-corrected chi connectivity index (χ4v) is 1.80. The molecule has 0 bridgehead atoms. The summed E-state index contributed by atoms with van der Waals surface area (Å²) in [5.74, 6) is -0.455. The second-order valence-corrected chi connectivity index (χ2v) is 4.69. The van der Waals surface area contributed by atoms with Gasteiger partial charge in [0.2, 0.25) is 0 Å². The van der Waals surface area contributed by atoms with Crippen molar-refractivity contribution >= 4 is 23.0 Å². The number of anilines is 3. The van der Waals surface area contributed by atoms with Crippen LogP contribution in [-0.4, -0.2) is 22.9 Å². The first-order chi connectivity index (χ1) is 9.52. The molecule has 0 spiro atoms. The second-order valence-electron chi connectivity index (χ2n) is 4.69. The summed E-state index contributed by atoms with van der Waals surface area (Å²) in [6, 6.07) is 5.46. The zero-order valence-corrected chi connectivity index (χ0v) is 11.8. The Kier molecular flexibility index (Phi) is 3.93. The predicted octanol–water partition coefficient (Wildman–Crippen LogP) is 2.58. The number of benzene rings is 1. The molecular weight excluding hydrogens is 256 g/mol. The molecule has 6 heteroatoms. The molecular formula is C14H18N4O2. The van der Waals surface area contributed by atoms with Crippen molar-refractivity contribution in [2.45, 2.75) is 19.9 Å². The zero-order chi connectivity index (χ0) is 14.7. The van der Waals surface area contributed by atoms with Gasteiger partial charge in [0.05, 0.1) is 35.9 Å². The van der Waals surface area contributed by atoms with E-state index >= 15 is 0 Å². The minimum absolute atomic E-state index is 0.282. The number of nitrogens with two attached hydrogens (primary N) is 1. The third-order valence-corrected chi connectivity index (χ3v) is 2.92. The van der Waals surface area contributed by atoms with Crippen molar-refractivity contribution in [1.82, 2.24) is 9.78 Å². The summed E-state index contributed by atoms with van der Waals surface area (Å²) < 4.78 is 6.53. The summed E-state index contributed by atoms with van der Waals surface area (Å²) in [5, 5.41) is 7.39. The van der Waals surface area contributed by atoms with Crippen LogP contribution < -0.4 is 11.1 Å². The summed E-state index contributed by atoms with van der Waals surface area (Å²) in [5.41, 5.74) is 8.14. The third kappa shape index (κ3) is 2.74. The molecule has 1 heterocycles. The Morgan fingerprint density at radius 1 is 1.45 bits per heavy atom. The Hall–Kier alpha value is -2.50. The second kappa shape index (κ2) is 5.64. The van der Waals surface area contributed by atoms with Gasteiger partial charge in [0.25, 0.3) is 0 Å². The van der Waals surface area contributed by atoms with Crippen LogP contribution in [-0.2, 0) is 4.74 Å². The van der Waals surface area contributed by atoms with E-state index in [1.807, 2.05) is 24.7 Å². The first-order valence-electron chi connectivity index (χ1n) is 6.31. The standard InChI is InChI=1S/C14H18N4O2/c1-9(2)18-8-10(7-16-18)17-12-6-4-5-11(13(12)15)14(19)20-3/h4-9,17H,15H2,1-3H3. The molecule has 0 radical (unpaired) electrons. The molecule has 0 fully saturated rings. The van der Waals surface area contributed by atoms with Crippen molar-refractivity contribution in [1.29, 1.82) is 0 Å². The predicted molar refractivity (Wildman–Crippen MR) is 78.1 cm³/mol. The Labute approximate surface area is 117 Å². The smallest absolute Gasteiger partial charge is 0.340 e. The molecule has 0 unspecified atom stereocenters. The zero-order valence-electron chi connectivity index (χ0n) is 11.8. The number of nitrogens with zero attached hydrogens (tertiary/aromatic N) is 2. The summed E-state index contributed by atoms with van der Waals surface area (Å²) >= 11 is 0. The van der Waals surface area contributed by atoms with E-state index in [1.54, 1.807) is 24.4 Å². The van der Waals surface area contributed by atoms with E-state index in [0.717, 1.165) is 5.69 Å². The van der Waals surface area contributed by atoms with Crippen molar-refractivity contribution in [2.24, 2.45) is 0 Å². The van der Waals surface area contributed by atoms with Crippen LogP contribution in [0.2, 0.25) is 0 Å². The van der Waals surface area contributed by atoms with Crippen molar-refractivity contribution in [2.75, 3.05) is 18.2 Å². The minimum atomic E-state index is -0.455. The lowest BCUT2D eigenvalue weighted by Gasteiger charge is -2.10. The Bertz CT molecular complexity index is 619. The molecule has 0 aliphatic heterocycles. The van der Waals surface area contributed by atoms with Crippen molar-refractivity contribution in [3.63, 3.8) is 0 Å². The highest BCUT2D eigenvalue weighted by Gasteiger charge is 2.13. The first kappa shape index (κ1) is 13.9. The SMILES string of the molecule is COC(=O)c1cccc(Nc2cnn(C(C)C)c2)c1N.